The number of anilines is 1. The van der Waals surface area contributed by atoms with Gasteiger partial charge in [-0.1, -0.05) is 18.2 Å². The maximum atomic E-state index is 13.2. The molecule has 0 fully saturated rings. The van der Waals surface area contributed by atoms with Gasteiger partial charge < -0.3 is 14.8 Å². The van der Waals surface area contributed by atoms with Gasteiger partial charge in [0, 0.05) is 17.3 Å². The lowest BCUT2D eigenvalue weighted by atomic mass is 10.1. The monoisotopic (exact) mass is 414 g/mol. The molecule has 2 aromatic heterocycles. The second-order valence-corrected chi connectivity index (χ2v) is 7.65. The lowest BCUT2D eigenvalue weighted by Crippen LogP contribution is -2.15. The number of amides is 1. The average Bonchev–Trinajstić information content (AvgIpc) is 3.23. The topological polar surface area (TPSA) is 78.3 Å². The van der Waals surface area contributed by atoms with E-state index in [0.29, 0.717) is 47.0 Å². The number of fused-ring (bicyclic) bond motifs is 2. The Balaban J connectivity index is 1.63. The summed E-state index contributed by atoms with van der Waals surface area (Å²) in [5, 5.41) is 8.16. The lowest BCUT2D eigenvalue weighted by molar-refractivity contribution is 0.102. The Hall–Kier alpha value is -3.87. The second-order valence-electron chi connectivity index (χ2n) is 7.65. The minimum absolute atomic E-state index is 0.102. The number of benzene rings is 2. The molecule has 0 bridgehead atoms. The molecule has 31 heavy (non-hydrogen) atoms. The van der Waals surface area contributed by atoms with Crippen molar-refractivity contribution in [1.82, 2.24) is 14.8 Å². The van der Waals surface area contributed by atoms with Crippen LogP contribution in [-0.2, 0) is 0 Å². The summed E-state index contributed by atoms with van der Waals surface area (Å²) in [6.45, 7) is 5.12. The van der Waals surface area contributed by atoms with Crippen LogP contribution in [0.1, 0.15) is 30.2 Å². The number of hydrogen-bond acceptors (Lipinski definition) is 5. The van der Waals surface area contributed by atoms with Crippen LogP contribution in [0.5, 0.6) is 11.5 Å². The number of rotatable bonds is 4. The van der Waals surface area contributed by atoms with Crippen LogP contribution >= 0.6 is 0 Å². The van der Waals surface area contributed by atoms with E-state index in [9.17, 15) is 4.79 Å². The molecule has 0 spiro atoms. The summed E-state index contributed by atoms with van der Waals surface area (Å²) in [7, 11) is 0. The number of para-hydroxylation sites is 1. The van der Waals surface area contributed by atoms with Gasteiger partial charge in [-0.05, 0) is 50.2 Å². The minimum Gasteiger partial charge on any atom is -0.486 e. The number of hydrogen-bond donors (Lipinski definition) is 1. The van der Waals surface area contributed by atoms with Crippen LogP contribution in [0.25, 0.3) is 22.3 Å². The molecule has 7 nitrogen and oxygen atoms in total. The Morgan fingerprint density at radius 2 is 1.81 bits per heavy atom. The Morgan fingerprint density at radius 3 is 2.58 bits per heavy atom. The van der Waals surface area contributed by atoms with Crippen molar-refractivity contribution in [2.45, 2.75) is 19.9 Å². The predicted octanol–water partition coefficient (Wildman–Crippen LogP) is 4.70. The van der Waals surface area contributed by atoms with Gasteiger partial charge in [-0.2, -0.15) is 5.10 Å². The van der Waals surface area contributed by atoms with Crippen molar-refractivity contribution < 1.29 is 14.3 Å². The van der Waals surface area contributed by atoms with Gasteiger partial charge >= 0.3 is 0 Å². The molecular weight excluding hydrogens is 392 g/mol. The quantitative estimate of drug-likeness (QED) is 0.524. The summed E-state index contributed by atoms with van der Waals surface area (Å²) in [5.74, 6) is 1.18. The fraction of sp³-hybridized carbons (Fsp3) is 0.208. The molecule has 7 heteroatoms. The van der Waals surface area contributed by atoms with Crippen molar-refractivity contribution in [3.63, 3.8) is 0 Å². The number of pyridine rings is 1. The van der Waals surface area contributed by atoms with Gasteiger partial charge in [0.05, 0.1) is 22.8 Å². The van der Waals surface area contributed by atoms with Crippen molar-refractivity contribution in [3.8, 4) is 22.8 Å². The molecule has 4 aromatic rings. The van der Waals surface area contributed by atoms with Crippen molar-refractivity contribution in [3.05, 3.63) is 66.4 Å². The second kappa shape index (κ2) is 7.75. The third kappa shape index (κ3) is 3.59. The standard InChI is InChI=1S/C24H22N4O3/c1-15(2)28-23-19(14-25-28)18(24(29)26-17-6-4-3-5-7-17)13-20(27-23)16-8-9-21-22(12-16)31-11-10-30-21/h3-9,12-15H,10-11H2,1-2H3,(H,26,29). The molecule has 0 saturated heterocycles. The summed E-state index contributed by atoms with van der Waals surface area (Å²) in [6, 6.07) is 17.0. The van der Waals surface area contributed by atoms with Crippen molar-refractivity contribution in [2.24, 2.45) is 0 Å². The molecular formula is C24H22N4O3. The average molecular weight is 414 g/mol. The molecule has 0 radical (unpaired) electrons. The first-order valence-electron chi connectivity index (χ1n) is 10.2. The van der Waals surface area contributed by atoms with E-state index in [2.05, 4.69) is 10.4 Å². The van der Waals surface area contributed by atoms with E-state index in [4.69, 9.17) is 14.5 Å². The molecule has 0 saturated carbocycles. The molecule has 0 unspecified atom stereocenters. The zero-order valence-electron chi connectivity index (χ0n) is 17.3. The molecule has 156 valence electrons. The third-order valence-corrected chi connectivity index (χ3v) is 5.17. The zero-order valence-corrected chi connectivity index (χ0v) is 17.3. The van der Waals surface area contributed by atoms with E-state index in [0.717, 1.165) is 11.3 Å². The zero-order chi connectivity index (χ0) is 21.4. The first-order valence-corrected chi connectivity index (χ1v) is 10.2. The number of carbonyl (C=O) groups is 1. The van der Waals surface area contributed by atoms with Crippen molar-refractivity contribution in [1.29, 1.82) is 0 Å². The Morgan fingerprint density at radius 1 is 1.03 bits per heavy atom. The van der Waals surface area contributed by atoms with E-state index in [1.165, 1.54) is 0 Å². The molecule has 0 aliphatic carbocycles. The predicted molar refractivity (Wildman–Crippen MR) is 119 cm³/mol. The smallest absolute Gasteiger partial charge is 0.256 e. The molecule has 1 amide bonds. The van der Waals surface area contributed by atoms with Gasteiger partial charge in [-0.3, -0.25) is 4.79 Å². The van der Waals surface area contributed by atoms with Crippen LogP contribution in [0.4, 0.5) is 5.69 Å². The summed E-state index contributed by atoms with van der Waals surface area (Å²) in [5.41, 5.74) is 3.43. The van der Waals surface area contributed by atoms with Gasteiger partial charge in [-0.15, -0.1) is 0 Å². The molecule has 0 atom stereocenters. The van der Waals surface area contributed by atoms with Crippen LogP contribution in [0, 0.1) is 0 Å². The van der Waals surface area contributed by atoms with Gasteiger partial charge in [0.25, 0.3) is 5.91 Å². The molecule has 5 rings (SSSR count). The summed E-state index contributed by atoms with van der Waals surface area (Å²) >= 11 is 0. The Kier molecular flexibility index (Phi) is 4.78. The highest BCUT2D eigenvalue weighted by molar-refractivity contribution is 6.12. The van der Waals surface area contributed by atoms with Crippen LogP contribution < -0.4 is 14.8 Å². The first kappa shape index (κ1) is 19.1. The van der Waals surface area contributed by atoms with Gasteiger partial charge in [0.15, 0.2) is 17.1 Å². The number of nitrogens with zero attached hydrogens (tertiary/aromatic N) is 3. The van der Waals surface area contributed by atoms with E-state index in [-0.39, 0.29) is 11.9 Å². The highest BCUT2D eigenvalue weighted by Gasteiger charge is 2.20. The summed E-state index contributed by atoms with van der Waals surface area (Å²) in [6.07, 6.45) is 1.70. The molecule has 1 N–H and O–H groups in total. The fourth-order valence-corrected chi connectivity index (χ4v) is 3.65. The highest BCUT2D eigenvalue weighted by Crippen LogP contribution is 2.35. The molecule has 3 heterocycles. The third-order valence-electron chi connectivity index (χ3n) is 5.17. The maximum Gasteiger partial charge on any atom is 0.256 e. The first-order chi connectivity index (χ1) is 15.1. The van der Waals surface area contributed by atoms with E-state index >= 15 is 0 Å². The van der Waals surface area contributed by atoms with Crippen LogP contribution in [-0.4, -0.2) is 33.9 Å². The minimum atomic E-state index is -0.208. The Bertz CT molecular complexity index is 1260. The van der Waals surface area contributed by atoms with Gasteiger partial charge in [0.2, 0.25) is 0 Å². The van der Waals surface area contributed by atoms with Gasteiger partial charge in [-0.25, -0.2) is 9.67 Å². The van der Waals surface area contributed by atoms with Gasteiger partial charge in [0.1, 0.15) is 13.2 Å². The lowest BCUT2D eigenvalue weighted by Gasteiger charge is -2.19. The largest absolute Gasteiger partial charge is 0.486 e. The van der Waals surface area contributed by atoms with Crippen molar-refractivity contribution >= 4 is 22.6 Å². The van der Waals surface area contributed by atoms with E-state index in [1.807, 2.05) is 67.1 Å². The van der Waals surface area contributed by atoms with Crippen LogP contribution in [0.15, 0.2) is 60.8 Å². The Labute approximate surface area is 179 Å². The number of carbonyl (C=O) groups excluding carboxylic acids is 1. The molecule has 1 aliphatic heterocycles. The molecule has 2 aromatic carbocycles. The summed E-state index contributed by atoms with van der Waals surface area (Å²) < 4.78 is 13.2. The molecule has 1 aliphatic rings. The fourth-order valence-electron chi connectivity index (χ4n) is 3.65. The number of aromatic nitrogens is 3. The summed E-state index contributed by atoms with van der Waals surface area (Å²) in [4.78, 5) is 18.1. The normalized spacial score (nSPS) is 12.9. The number of nitrogens with one attached hydrogen (secondary N) is 1. The number of ether oxygens (including phenoxy) is 2. The van der Waals surface area contributed by atoms with Crippen LogP contribution in [0.2, 0.25) is 0 Å². The van der Waals surface area contributed by atoms with Crippen LogP contribution in [0.3, 0.4) is 0 Å². The van der Waals surface area contributed by atoms with E-state index < -0.39 is 0 Å². The maximum absolute atomic E-state index is 13.2. The SMILES string of the molecule is CC(C)n1ncc2c(C(=O)Nc3ccccc3)cc(-c3ccc4c(c3)OCCO4)nc21. The highest BCUT2D eigenvalue weighted by atomic mass is 16.6. The van der Waals surface area contributed by atoms with E-state index in [1.54, 1.807) is 12.3 Å². The van der Waals surface area contributed by atoms with Crippen molar-refractivity contribution in [2.75, 3.05) is 18.5 Å².